The summed E-state index contributed by atoms with van der Waals surface area (Å²) in [5.41, 5.74) is 2.63. The van der Waals surface area contributed by atoms with Crippen LogP contribution in [-0.4, -0.2) is 10.3 Å². The molecule has 0 spiro atoms. The molecule has 0 unspecified atom stereocenters. The van der Waals surface area contributed by atoms with Crippen LogP contribution in [0.25, 0.3) is 54.2 Å². The Kier molecular flexibility index (Phi) is 8.36. The van der Waals surface area contributed by atoms with Crippen LogP contribution in [0.5, 0.6) is 0 Å². The van der Waals surface area contributed by atoms with Gasteiger partial charge in [-0.15, -0.1) is 10.8 Å². The van der Waals surface area contributed by atoms with E-state index in [9.17, 15) is 4.57 Å². The molecule has 0 aliphatic rings. The van der Waals surface area contributed by atoms with E-state index < -0.39 is 7.14 Å². The average Bonchev–Trinajstić information content (AvgIpc) is 3.69. The Morgan fingerprint density at radius 3 is 1.67 bits per heavy atom. The van der Waals surface area contributed by atoms with Crippen molar-refractivity contribution < 1.29 is 21.6 Å². The third-order valence-electron chi connectivity index (χ3n) is 8.58. The van der Waals surface area contributed by atoms with Crippen LogP contribution < -0.4 is 5.30 Å². The van der Waals surface area contributed by atoms with Gasteiger partial charge in [-0.2, -0.15) is 24.3 Å². The summed E-state index contributed by atoms with van der Waals surface area (Å²) in [5.74, 6) is 0. The van der Waals surface area contributed by atoms with E-state index in [1.807, 2.05) is 24.3 Å². The first-order valence-corrected chi connectivity index (χ1v) is 16.5. The molecule has 0 amide bonds. The van der Waals surface area contributed by atoms with Crippen molar-refractivity contribution in [2.75, 3.05) is 0 Å². The average molecular weight is 623 g/mol. The molecule has 1 nitrogen and oxygen atoms in total. The summed E-state index contributed by atoms with van der Waals surface area (Å²) in [6.45, 7) is 12.5. The van der Waals surface area contributed by atoms with Crippen LogP contribution in [0.4, 0.5) is 0 Å². The van der Waals surface area contributed by atoms with Crippen molar-refractivity contribution >= 4 is 55.5 Å². The molecule has 0 N–H and O–H groups in total. The molecule has 7 aromatic rings. The maximum atomic E-state index is 13.3. The predicted octanol–water partition coefficient (Wildman–Crippen LogP) is 11.7. The number of hydrogen-bond acceptors (Lipinski definition) is 1. The molecule has 0 bridgehead atoms. The minimum absolute atomic E-state index is 0. The number of rotatable bonds is 2. The molecule has 0 heterocycles. The normalized spacial score (nSPS) is 12.3. The van der Waals surface area contributed by atoms with Crippen LogP contribution in [0, 0.1) is 0 Å². The summed E-state index contributed by atoms with van der Waals surface area (Å²) >= 11 is 0. The minimum atomic E-state index is -2.39. The molecule has 0 aliphatic heterocycles. The zero-order valence-electron chi connectivity index (χ0n) is 25.8. The Balaban J connectivity index is 0.000000199. The molecular formula is C40H39FeOP-6. The fourth-order valence-corrected chi connectivity index (χ4v) is 10.9. The monoisotopic (exact) mass is 622 g/mol. The van der Waals surface area contributed by atoms with Crippen LogP contribution >= 0.6 is 7.14 Å². The van der Waals surface area contributed by atoms with Gasteiger partial charge in [0.1, 0.15) is 0 Å². The van der Waals surface area contributed by atoms with Gasteiger partial charge in [0.25, 0.3) is 0 Å². The fourth-order valence-electron chi connectivity index (χ4n) is 6.77. The second-order valence-corrected chi connectivity index (χ2v) is 17.7. The van der Waals surface area contributed by atoms with E-state index in [4.69, 9.17) is 0 Å². The first-order valence-electron chi connectivity index (χ1n) is 14.8. The van der Waals surface area contributed by atoms with Crippen LogP contribution in [-0.2, 0) is 21.6 Å². The standard InChI is InChI=1S/C27H17.C13H22OP.Fe/c1-2-8-18(7-1)27-23-12-6-5-11-21(23)17-26-24(27)14-13-22-15-19-9-3-4-10-20(19)16-25(22)26;1-12(2,3)15(14,13(4,5)6)11-9-7-8-10-11;/h1-17H;7-10H,1-6H3;/q-5;-1;. The molecular weight excluding hydrogens is 583 g/mol. The van der Waals surface area contributed by atoms with E-state index >= 15 is 0 Å². The summed E-state index contributed by atoms with van der Waals surface area (Å²) < 4.78 is 13.3. The SMILES string of the molecule is CC(C)(C)P(=O)([c-]1cccc1)C(C)(C)C.[Fe].c1ccc2cc3c(ccc4c(-[c-]5[cH-][cH-][cH-][cH-]5)c5ccccc5cc43)cc2c1. The predicted molar refractivity (Wildman–Crippen MR) is 186 cm³/mol. The van der Waals surface area contributed by atoms with Crippen molar-refractivity contribution in [1.82, 2.24) is 0 Å². The largest absolute Gasteiger partial charge is 0.641 e. The molecule has 224 valence electrons. The van der Waals surface area contributed by atoms with Crippen LogP contribution in [0.15, 0.2) is 127 Å². The summed E-state index contributed by atoms with van der Waals surface area (Å²) in [7, 11) is -2.39. The maximum absolute atomic E-state index is 13.3. The third kappa shape index (κ3) is 5.42. The molecule has 0 fully saturated rings. The minimum Gasteiger partial charge on any atom is -0.641 e. The summed E-state index contributed by atoms with van der Waals surface area (Å²) in [6.07, 6.45) is 0. The zero-order chi connectivity index (χ0) is 29.7. The van der Waals surface area contributed by atoms with E-state index in [0.717, 1.165) is 5.30 Å². The number of fused-ring (bicyclic) bond motifs is 5. The molecule has 0 radical (unpaired) electrons. The van der Waals surface area contributed by atoms with Crippen molar-refractivity contribution in [3.05, 3.63) is 127 Å². The molecule has 0 atom stereocenters. The molecule has 7 rings (SSSR count). The van der Waals surface area contributed by atoms with Gasteiger partial charge >= 0.3 is 0 Å². The zero-order valence-corrected chi connectivity index (χ0v) is 27.8. The maximum Gasteiger partial charge on any atom is 0.0772 e. The topological polar surface area (TPSA) is 17.1 Å². The quantitative estimate of drug-likeness (QED) is 0.0616. The molecule has 7 aromatic carbocycles. The molecule has 0 saturated heterocycles. The van der Waals surface area contributed by atoms with Gasteiger partial charge in [-0.3, -0.25) is 0 Å². The Morgan fingerprint density at radius 2 is 1.07 bits per heavy atom. The van der Waals surface area contributed by atoms with Gasteiger partial charge in [-0.05, 0) is 33.7 Å². The number of benzene rings is 5. The molecule has 43 heavy (non-hydrogen) atoms. The summed E-state index contributed by atoms with van der Waals surface area (Å²) in [5, 5.41) is 11.1. The summed E-state index contributed by atoms with van der Waals surface area (Å²) in [6, 6.07) is 45.5. The van der Waals surface area contributed by atoms with E-state index in [1.165, 1.54) is 54.2 Å². The Labute approximate surface area is 266 Å². The van der Waals surface area contributed by atoms with Crippen LogP contribution in [0.2, 0.25) is 0 Å². The third-order valence-corrected chi connectivity index (χ3v) is 13.4. The van der Waals surface area contributed by atoms with Gasteiger partial charge in [0.15, 0.2) is 0 Å². The van der Waals surface area contributed by atoms with Crippen molar-refractivity contribution in [1.29, 1.82) is 0 Å². The van der Waals surface area contributed by atoms with Crippen LogP contribution in [0.1, 0.15) is 41.5 Å². The van der Waals surface area contributed by atoms with Gasteiger partial charge in [0.2, 0.25) is 0 Å². The Bertz CT molecular complexity index is 2050. The van der Waals surface area contributed by atoms with E-state index in [1.54, 1.807) is 0 Å². The Hall–Kier alpha value is -3.41. The van der Waals surface area contributed by atoms with Crippen molar-refractivity contribution in [3.8, 4) is 11.1 Å². The second-order valence-electron chi connectivity index (χ2n) is 13.3. The second kappa shape index (κ2) is 11.6. The fraction of sp³-hybridized carbons (Fsp3) is 0.200. The smallest absolute Gasteiger partial charge is 0.0772 e. The molecule has 0 saturated carbocycles. The van der Waals surface area contributed by atoms with Gasteiger partial charge in [-0.1, -0.05) is 101 Å². The summed E-state index contributed by atoms with van der Waals surface area (Å²) in [4.78, 5) is 0. The van der Waals surface area contributed by atoms with E-state index in [0.29, 0.717) is 0 Å². The number of hydrogen-bond donors (Lipinski definition) is 0. The molecule has 3 heteroatoms. The van der Waals surface area contributed by atoms with Gasteiger partial charge in [0, 0.05) is 27.4 Å². The van der Waals surface area contributed by atoms with Gasteiger partial charge < -0.3 is 50.7 Å². The van der Waals surface area contributed by atoms with Gasteiger partial charge in [-0.25, -0.2) is 12.1 Å². The molecule has 0 aliphatic carbocycles. The van der Waals surface area contributed by atoms with Crippen molar-refractivity contribution in [2.45, 2.75) is 51.9 Å². The van der Waals surface area contributed by atoms with E-state index in [-0.39, 0.29) is 27.4 Å². The van der Waals surface area contributed by atoms with Crippen molar-refractivity contribution in [2.24, 2.45) is 0 Å². The van der Waals surface area contributed by atoms with Gasteiger partial charge in [0.05, 0.1) is 7.14 Å². The Morgan fingerprint density at radius 1 is 0.558 bits per heavy atom. The van der Waals surface area contributed by atoms with Crippen molar-refractivity contribution in [3.63, 3.8) is 0 Å². The molecule has 0 aromatic heterocycles. The first kappa shape index (κ1) is 31.0. The first-order chi connectivity index (χ1) is 20.0. The van der Waals surface area contributed by atoms with Crippen LogP contribution in [0.3, 0.4) is 0 Å². The van der Waals surface area contributed by atoms with E-state index in [2.05, 4.69) is 145 Å².